The van der Waals surface area contributed by atoms with E-state index in [1.165, 1.54) is 0 Å². The summed E-state index contributed by atoms with van der Waals surface area (Å²) in [6.45, 7) is 0.558. The molecule has 3 rings (SSSR count). The van der Waals surface area contributed by atoms with Gasteiger partial charge in [0.25, 0.3) is 0 Å². The third-order valence-corrected chi connectivity index (χ3v) is 3.63. The SMILES string of the molecule is O=C1CC(CO)CN1c1cccc2c(O)cccc12. The molecule has 0 bridgehead atoms. The predicted molar refractivity (Wildman–Crippen MR) is 73.2 cm³/mol. The van der Waals surface area contributed by atoms with Crippen LogP contribution in [0.3, 0.4) is 0 Å². The topological polar surface area (TPSA) is 60.8 Å². The largest absolute Gasteiger partial charge is 0.507 e. The number of fused-ring (bicyclic) bond motifs is 1. The van der Waals surface area contributed by atoms with E-state index in [9.17, 15) is 15.0 Å². The van der Waals surface area contributed by atoms with E-state index in [0.717, 1.165) is 16.5 Å². The molecular formula is C15H15NO3. The zero-order valence-corrected chi connectivity index (χ0v) is 10.4. The molecule has 0 aliphatic carbocycles. The van der Waals surface area contributed by atoms with E-state index in [0.29, 0.717) is 13.0 Å². The average molecular weight is 257 g/mol. The van der Waals surface area contributed by atoms with E-state index in [-0.39, 0.29) is 24.2 Å². The highest BCUT2D eigenvalue weighted by Gasteiger charge is 2.30. The van der Waals surface area contributed by atoms with E-state index in [2.05, 4.69) is 0 Å². The highest BCUT2D eigenvalue weighted by Crippen LogP contribution is 2.34. The highest BCUT2D eigenvalue weighted by atomic mass is 16.3. The van der Waals surface area contributed by atoms with Crippen LogP contribution in [0.25, 0.3) is 10.8 Å². The molecule has 2 aromatic rings. The molecule has 0 saturated carbocycles. The Bertz CT molecular complexity index is 638. The second-order valence-electron chi connectivity index (χ2n) is 4.91. The zero-order valence-electron chi connectivity index (χ0n) is 10.4. The zero-order chi connectivity index (χ0) is 13.4. The number of aliphatic hydroxyl groups is 1. The number of hydrogen-bond acceptors (Lipinski definition) is 3. The van der Waals surface area contributed by atoms with Crippen molar-refractivity contribution in [2.75, 3.05) is 18.1 Å². The van der Waals surface area contributed by atoms with Gasteiger partial charge < -0.3 is 15.1 Å². The molecule has 1 heterocycles. The normalized spacial score (nSPS) is 19.3. The first-order valence-corrected chi connectivity index (χ1v) is 6.32. The third-order valence-electron chi connectivity index (χ3n) is 3.63. The molecule has 1 aliphatic heterocycles. The average Bonchev–Trinajstić information content (AvgIpc) is 2.80. The Morgan fingerprint density at radius 2 is 1.89 bits per heavy atom. The number of carbonyl (C=O) groups excluding carboxylic acids is 1. The molecule has 1 unspecified atom stereocenters. The molecule has 1 saturated heterocycles. The van der Waals surface area contributed by atoms with Gasteiger partial charge in [-0.15, -0.1) is 0 Å². The molecule has 2 aromatic carbocycles. The fourth-order valence-electron chi connectivity index (χ4n) is 2.65. The van der Waals surface area contributed by atoms with Gasteiger partial charge in [0, 0.05) is 36.3 Å². The van der Waals surface area contributed by atoms with E-state index in [4.69, 9.17) is 0 Å². The van der Waals surface area contributed by atoms with E-state index < -0.39 is 0 Å². The maximum Gasteiger partial charge on any atom is 0.227 e. The molecule has 1 fully saturated rings. The summed E-state index contributed by atoms with van der Waals surface area (Å²) in [5, 5.41) is 20.6. The van der Waals surface area contributed by atoms with Crippen molar-refractivity contribution in [2.24, 2.45) is 5.92 Å². The van der Waals surface area contributed by atoms with Crippen molar-refractivity contribution in [2.45, 2.75) is 6.42 Å². The lowest BCUT2D eigenvalue weighted by Crippen LogP contribution is -2.25. The Morgan fingerprint density at radius 3 is 2.63 bits per heavy atom. The van der Waals surface area contributed by atoms with Gasteiger partial charge in [-0.1, -0.05) is 24.3 Å². The maximum absolute atomic E-state index is 12.0. The number of phenolic OH excluding ortho intramolecular Hbond substituents is 1. The number of rotatable bonds is 2. The number of anilines is 1. The molecule has 98 valence electrons. The van der Waals surface area contributed by atoms with Crippen molar-refractivity contribution >= 4 is 22.4 Å². The lowest BCUT2D eigenvalue weighted by Gasteiger charge is -2.19. The molecule has 1 amide bonds. The molecule has 1 atom stereocenters. The second-order valence-corrected chi connectivity index (χ2v) is 4.91. The summed E-state index contributed by atoms with van der Waals surface area (Å²) in [7, 11) is 0. The first kappa shape index (κ1) is 12.0. The van der Waals surface area contributed by atoms with Gasteiger partial charge in [0.15, 0.2) is 0 Å². The van der Waals surface area contributed by atoms with Crippen molar-refractivity contribution in [1.82, 2.24) is 0 Å². The van der Waals surface area contributed by atoms with Gasteiger partial charge in [0.2, 0.25) is 5.91 Å². The summed E-state index contributed by atoms with van der Waals surface area (Å²) in [5.41, 5.74) is 0.800. The van der Waals surface area contributed by atoms with E-state index >= 15 is 0 Å². The van der Waals surface area contributed by atoms with Crippen molar-refractivity contribution < 1.29 is 15.0 Å². The van der Waals surface area contributed by atoms with Crippen LogP contribution in [-0.4, -0.2) is 29.3 Å². The number of amides is 1. The molecule has 0 aromatic heterocycles. The quantitative estimate of drug-likeness (QED) is 0.863. The summed E-state index contributed by atoms with van der Waals surface area (Å²) in [6.07, 6.45) is 0.381. The molecule has 4 nitrogen and oxygen atoms in total. The number of carbonyl (C=O) groups is 1. The Labute approximate surface area is 110 Å². The molecule has 19 heavy (non-hydrogen) atoms. The molecule has 2 N–H and O–H groups in total. The minimum Gasteiger partial charge on any atom is -0.507 e. The van der Waals surface area contributed by atoms with Crippen LogP contribution in [0, 0.1) is 5.92 Å². The van der Waals surface area contributed by atoms with Crippen LogP contribution in [0.5, 0.6) is 5.75 Å². The Kier molecular flexibility index (Phi) is 2.87. The van der Waals surface area contributed by atoms with Crippen molar-refractivity contribution in [3.05, 3.63) is 36.4 Å². The van der Waals surface area contributed by atoms with Crippen LogP contribution in [0.2, 0.25) is 0 Å². The summed E-state index contributed by atoms with van der Waals surface area (Å²) >= 11 is 0. The number of hydrogen-bond donors (Lipinski definition) is 2. The van der Waals surface area contributed by atoms with Crippen LogP contribution < -0.4 is 4.90 Å². The molecular weight excluding hydrogens is 242 g/mol. The standard InChI is InChI=1S/C15H15NO3/c17-9-10-7-15(19)16(8-10)13-5-1-4-12-11(13)3-2-6-14(12)18/h1-6,10,17-18H,7-9H2. The van der Waals surface area contributed by atoms with Crippen LogP contribution in [0.15, 0.2) is 36.4 Å². The van der Waals surface area contributed by atoms with Gasteiger partial charge in [-0.05, 0) is 12.1 Å². The van der Waals surface area contributed by atoms with Crippen LogP contribution >= 0.6 is 0 Å². The number of phenols is 1. The predicted octanol–water partition coefficient (Wildman–Crippen LogP) is 1.89. The first-order valence-electron chi connectivity index (χ1n) is 6.32. The molecule has 1 aliphatic rings. The Hall–Kier alpha value is -2.07. The fraction of sp³-hybridized carbons (Fsp3) is 0.267. The summed E-state index contributed by atoms with van der Waals surface area (Å²) < 4.78 is 0. The van der Waals surface area contributed by atoms with Crippen molar-refractivity contribution in [1.29, 1.82) is 0 Å². The second kappa shape index (κ2) is 4.55. The summed E-state index contributed by atoms with van der Waals surface area (Å²) in [4.78, 5) is 13.7. The van der Waals surface area contributed by atoms with E-state index in [1.807, 2.05) is 24.3 Å². The first-order chi connectivity index (χ1) is 9.20. The van der Waals surface area contributed by atoms with Crippen molar-refractivity contribution in [3.63, 3.8) is 0 Å². The van der Waals surface area contributed by atoms with Crippen LogP contribution in [0.4, 0.5) is 5.69 Å². The van der Waals surface area contributed by atoms with Gasteiger partial charge in [-0.2, -0.15) is 0 Å². The fourth-order valence-corrected chi connectivity index (χ4v) is 2.65. The molecule has 4 heteroatoms. The maximum atomic E-state index is 12.0. The number of nitrogens with zero attached hydrogens (tertiary/aromatic N) is 1. The number of aromatic hydroxyl groups is 1. The van der Waals surface area contributed by atoms with Crippen LogP contribution in [-0.2, 0) is 4.79 Å². The Balaban J connectivity index is 2.11. The smallest absolute Gasteiger partial charge is 0.227 e. The highest BCUT2D eigenvalue weighted by molar-refractivity contribution is 6.06. The summed E-state index contributed by atoms with van der Waals surface area (Å²) in [5.74, 6) is 0.236. The molecule has 0 radical (unpaired) electrons. The van der Waals surface area contributed by atoms with Crippen LogP contribution in [0.1, 0.15) is 6.42 Å². The lowest BCUT2D eigenvalue weighted by molar-refractivity contribution is -0.117. The lowest BCUT2D eigenvalue weighted by atomic mass is 10.1. The van der Waals surface area contributed by atoms with Gasteiger partial charge in [-0.3, -0.25) is 4.79 Å². The van der Waals surface area contributed by atoms with Gasteiger partial charge in [0.1, 0.15) is 5.75 Å². The number of benzene rings is 2. The monoisotopic (exact) mass is 257 g/mol. The minimum absolute atomic E-state index is 0.0000605. The number of aliphatic hydroxyl groups excluding tert-OH is 1. The van der Waals surface area contributed by atoms with Gasteiger partial charge in [-0.25, -0.2) is 0 Å². The van der Waals surface area contributed by atoms with Gasteiger partial charge >= 0.3 is 0 Å². The van der Waals surface area contributed by atoms with E-state index in [1.54, 1.807) is 17.0 Å². The minimum atomic E-state index is 0.0000605. The third kappa shape index (κ3) is 1.94. The summed E-state index contributed by atoms with van der Waals surface area (Å²) in [6, 6.07) is 10.8. The van der Waals surface area contributed by atoms with Gasteiger partial charge in [0.05, 0.1) is 5.69 Å². The molecule has 0 spiro atoms. The Morgan fingerprint density at radius 1 is 1.16 bits per heavy atom. The van der Waals surface area contributed by atoms with Crippen molar-refractivity contribution in [3.8, 4) is 5.75 Å².